The average molecular weight is 290 g/mol. The number of nitrogens with zero attached hydrogens (tertiary/aromatic N) is 1. The number of rotatable bonds is 5. The van der Waals surface area contributed by atoms with Crippen LogP contribution in [-0.2, 0) is 0 Å². The second-order valence-corrected chi connectivity index (χ2v) is 5.50. The molecule has 106 valence electrons. The molecule has 0 aromatic heterocycles. The van der Waals surface area contributed by atoms with E-state index in [0.717, 1.165) is 11.3 Å². The molecule has 1 unspecified atom stereocenters. The highest BCUT2D eigenvalue weighted by molar-refractivity contribution is 7.98. The third kappa shape index (κ3) is 3.32. The second-order valence-electron chi connectivity index (χ2n) is 4.62. The van der Waals surface area contributed by atoms with Crippen LogP contribution in [0.3, 0.4) is 0 Å². The quantitative estimate of drug-likeness (QED) is 0.852. The van der Waals surface area contributed by atoms with Crippen LogP contribution in [0, 0.1) is 5.82 Å². The second kappa shape index (κ2) is 6.77. The van der Waals surface area contributed by atoms with E-state index in [-0.39, 0.29) is 11.9 Å². The fraction of sp³-hybridized carbons (Fsp3) is 0.250. The molecule has 2 aromatic rings. The van der Waals surface area contributed by atoms with Crippen molar-refractivity contribution in [3.63, 3.8) is 0 Å². The Hall–Kier alpha value is -1.52. The van der Waals surface area contributed by atoms with Crippen molar-refractivity contribution in [2.75, 3.05) is 24.7 Å². The van der Waals surface area contributed by atoms with Crippen LogP contribution in [-0.4, -0.2) is 19.8 Å². The van der Waals surface area contributed by atoms with Crippen LogP contribution in [0.5, 0.6) is 0 Å². The van der Waals surface area contributed by atoms with Crippen LogP contribution in [0.15, 0.2) is 53.4 Å². The molecule has 0 saturated carbocycles. The predicted octanol–water partition coefficient (Wildman–Crippen LogP) is 3.68. The topological polar surface area (TPSA) is 29.3 Å². The summed E-state index contributed by atoms with van der Waals surface area (Å²) in [5, 5.41) is 0. The van der Waals surface area contributed by atoms with Gasteiger partial charge in [-0.2, -0.15) is 0 Å². The summed E-state index contributed by atoms with van der Waals surface area (Å²) in [6.45, 7) is 0.478. The largest absolute Gasteiger partial charge is 0.366 e. The van der Waals surface area contributed by atoms with Gasteiger partial charge in [0, 0.05) is 24.2 Å². The molecule has 20 heavy (non-hydrogen) atoms. The summed E-state index contributed by atoms with van der Waals surface area (Å²) in [5.41, 5.74) is 7.88. The van der Waals surface area contributed by atoms with Gasteiger partial charge in [-0.15, -0.1) is 11.8 Å². The number of halogens is 1. The predicted molar refractivity (Wildman–Crippen MR) is 84.8 cm³/mol. The summed E-state index contributed by atoms with van der Waals surface area (Å²) in [5.74, 6) is -0.233. The summed E-state index contributed by atoms with van der Waals surface area (Å²) < 4.78 is 13.3. The van der Waals surface area contributed by atoms with Crippen LogP contribution >= 0.6 is 11.8 Å². The Morgan fingerprint density at radius 1 is 1.20 bits per heavy atom. The number of hydrogen-bond acceptors (Lipinski definition) is 3. The number of anilines is 1. The zero-order valence-electron chi connectivity index (χ0n) is 11.7. The van der Waals surface area contributed by atoms with Gasteiger partial charge in [-0.1, -0.05) is 18.2 Å². The van der Waals surface area contributed by atoms with E-state index in [9.17, 15) is 4.39 Å². The van der Waals surface area contributed by atoms with Crippen LogP contribution < -0.4 is 10.6 Å². The van der Waals surface area contributed by atoms with Crippen LogP contribution in [0.2, 0.25) is 0 Å². The van der Waals surface area contributed by atoms with Crippen molar-refractivity contribution < 1.29 is 4.39 Å². The highest BCUT2D eigenvalue weighted by Crippen LogP contribution is 2.26. The summed E-state index contributed by atoms with van der Waals surface area (Å²) in [6.07, 6.45) is 2.05. The molecule has 0 bridgehead atoms. The average Bonchev–Trinajstić information content (AvgIpc) is 2.48. The van der Waals surface area contributed by atoms with E-state index >= 15 is 0 Å². The lowest BCUT2D eigenvalue weighted by molar-refractivity contribution is 0.623. The van der Waals surface area contributed by atoms with Crippen molar-refractivity contribution in [1.82, 2.24) is 0 Å². The maximum atomic E-state index is 13.3. The first-order valence-electron chi connectivity index (χ1n) is 6.48. The molecule has 4 heteroatoms. The summed E-state index contributed by atoms with van der Waals surface area (Å²) in [7, 11) is 1.94. The van der Waals surface area contributed by atoms with Crippen molar-refractivity contribution in [2.24, 2.45) is 5.73 Å². The van der Waals surface area contributed by atoms with Gasteiger partial charge in [0.15, 0.2) is 0 Å². The zero-order valence-corrected chi connectivity index (χ0v) is 12.5. The molecule has 0 amide bonds. The van der Waals surface area contributed by atoms with E-state index < -0.39 is 0 Å². The number of thioether (sulfide) groups is 1. The first-order valence-corrected chi connectivity index (χ1v) is 7.70. The van der Waals surface area contributed by atoms with Crippen molar-refractivity contribution in [1.29, 1.82) is 0 Å². The highest BCUT2D eigenvalue weighted by atomic mass is 32.2. The van der Waals surface area contributed by atoms with E-state index in [4.69, 9.17) is 5.73 Å². The molecule has 1 atom stereocenters. The van der Waals surface area contributed by atoms with Gasteiger partial charge >= 0.3 is 0 Å². The fourth-order valence-electron chi connectivity index (χ4n) is 2.22. The molecular weight excluding hydrogens is 271 g/mol. The third-order valence-electron chi connectivity index (χ3n) is 3.41. The lowest BCUT2D eigenvalue weighted by Crippen LogP contribution is -2.30. The first kappa shape index (κ1) is 14.9. The van der Waals surface area contributed by atoms with Crippen LogP contribution in [0.1, 0.15) is 11.6 Å². The van der Waals surface area contributed by atoms with Gasteiger partial charge in [-0.25, -0.2) is 4.39 Å². The SMILES string of the molecule is CSc1ccc(C(CN)N(C)c2cccc(F)c2)cc1. The molecule has 2 nitrogen and oxygen atoms in total. The molecule has 0 radical (unpaired) electrons. The maximum absolute atomic E-state index is 13.3. The third-order valence-corrected chi connectivity index (χ3v) is 4.15. The van der Waals surface area contributed by atoms with E-state index in [1.54, 1.807) is 17.8 Å². The minimum Gasteiger partial charge on any atom is -0.366 e. The summed E-state index contributed by atoms with van der Waals surface area (Å²) in [6, 6.07) is 14.9. The number of hydrogen-bond donors (Lipinski definition) is 1. The number of benzene rings is 2. The van der Waals surface area contributed by atoms with Crippen molar-refractivity contribution in [3.8, 4) is 0 Å². The summed E-state index contributed by atoms with van der Waals surface area (Å²) in [4.78, 5) is 3.23. The normalized spacial score (nSPS) is 12.2. The Bertz CT molecular complexity index is 557. The van der Waals surface area contributed by atoms with Crippen LogP contribution in [0.25, 0.3) is 0 Å². The van der Waals surface area contributed by atoms with Gasteiger partial charge in [0.05, 0.1) is 6.04 Å². The molecule has 2 aromatic carbocycles. The number of nitrogens with two attached hydrogens (primary N) is 1. The molecule has 0 fully saturated rings. The molecule has 0 aliphatic carbocycles. The van der Waals surface area contributed by atoms with E-state index in [1.165, 1.54) is 17.0 Å². The molecule has 0 spiro atoms. The Kier molecular flexibility index (Phi) is 5.04. The lowest BCUT2D eigenvalue weighted by Gasteiger charge is -2.29. The lowest BCUT2D eigenvalue weighted by atomic mass is 10.1. The highest BCUT2D eigenvalue weighted by Gasteiger charge is 2.16. The molecule has 2 N–H and O–H groups in total. The first-order chi connectivity index (χ1) is 9.65. The molecule has 0 aliphatic rings. The maximum Gasteiger partial charge on any atom is 0.125 e. The van der Waals surface area contributed by atoms with Crippen molar-refractivity contribution in [3.05, 3.63) is 59.9 Å². The Balaban J connectivity index is 2.26. The van der Waals surface area contributed by atoms with Gasteiger partial charge in [-0.3, -0.25) is 0 Å². The number of likely N-dealkylation sites (N-methyl/N-ethyl adjacent to an activating group) is 1. The molecule has 0 heterocycles. The molecular formula is C16H19FN2S. The minimum atomic E-state index is -0.233. The smallest absolute Gasteiger partial charge is 0.125 e. The van der Waals surface area contributed by atoms with Gasteiger partial charge in [0.25, 0.3) is 0 Å². The Labute approximate surface area is 123 Å². The van der Waals surface area contributed by atoms with E-state index in [2.05, 4.69) is 24.3 Å². The van der Waals surface area contributed by atoms with Gasteiger partial charge < -0.3 is 10.6 Å². The molecule has 0 saturated heterocycles. The Morgan fingerprint density at radius 3 is 2.45 bits per heavy atom. The fourth-order valence-corrected chi connectivity index (χ4v) is 2.63. The van der Waals surface area contributed by atoms with E-state index in [0.29, 0.717) is 6.54 Å². The Morgan fingerprint density at radius 2 is 1.90 bits per heavy atom. The standard InChI is InChI=1S/C16H19FN2S/c1-19(14-5-3-4-13(17)10-14)16(11-18)12-6-8-15(20-2)9-7-12/h3-10,16H,11,18H2,1-2H3. The van der Waals surface area contributed by atoms with Crippen molar-refractivity contribution in [2.45, 2.75) is 10.9 Å². The van der Waals surface area contributed by atoms with Gasteiger partial charge in [0.2, 0.25) is 0 Å². The minimum absolute atomic E-state index is 0.0349. The summed E-state index contributed by atoms with van der Waals surface area (Å²) >= 11 is 1.71. The monoisotopic (exact) mass is 290 g/mol. The van der Waals surface area contributed by atoms with E-state index in [1.807, 2.05) is 24.3 Å². The van der Waals surface area contributed by atoms with Gasteiger partial charge in [0.1, 0.15) is 5.82 Å². The van der Waals surface area contributed by atoms with Gasteiger partial charge in [-0.05, 0) is 42.2 Å². The van der Waals surface area contributed by atoms with Crippen LogP contribution in [0.4, 0.5) is 10.1 Å². The van der Waals surface area contributed by atoms with Crippen molar-refractivity contribution >= 4 is 17.4 Å². The molecule has 0 aliphatic heterocycles. The zero-order chi connectivity index (χ0) is 14.5. The molecule has 2 rings (SSSR count).